The normalized spacial score (nSPS) is 10.8. The Kier molecular flexibility index (Phi) is 3.74. The van der Waals surface area contributed by atoms with E-state index in [1.54, 1.807) is 36.5 Å². The number of nitrogens with one attached hydrogen (secondary N) is 1. The van der Waals surface area contributed by atoms with Gasteiger partial charge < -0.3 is 9.73 Å². The minimum Gasteiger partial charge on any atom is -0.451 e. The Morgan fingerprint density at radius 3 is 2.68 bits per heavy atom. The fraction of sp³-hybridized carbons (Fsp3) is 0. The highest BCUT2D eigenvalue weighted by molar-refractivity contribution is 6.03. The monoisotopic (exact) mass is 332 g/mol. The molecule has 0 aliphatic heterocycles. The van der Waals surface area contributed by atoms with E-state index in [1.165, 1.54) is 12.1 Å². The van der Waals surface area contributed by atoms with Crippen molar-refractivity contribution >= 4 is 22.5 Å². The number of anilines is 1. The lowest BCUT2D eigenvalue weighted by Gasteiger charge is -2.04. The van der Waals surface area contributed by atoms with Gasteiger partial charge in [0, 0.05) is 22.8 Å². The van der Waals surface area contributed by atoms with Crippen LogP contribution in [0.3, 0.4) is 0 Å². The molecule has 0 spiro atoms. The number of benzene rings is 2. The number of aromatic nitrogens is 1. The van der Waals surface area contributed by atoms with Crippen molar-refractivity contribution in [3.05, 3.63) is 84.5 Å². The van der Waals surface area contributed by atoms with Crippen LogP contribution in [0, 0.1) is 5.82 Å². The van der Waals surface area contributed by atoms with Crippen molar-refractivity contribution in [2.24, 2.45) is 0 Å². The summed E-state index contributed by atoms with van der Waals surface area (Å²) in [4.78, 5) is 16.6. The smallest absolute Gasteiger partial charge is 0.291 e. The summed E-state index contributed by atoms with van der Waals surface area (Å²) in [5.74, 6) is 0.0224. The first-order valence-corrected chi connectivity index (χ1v) is 7.71. The van der Waals surface area contributed by atoms with Gasteiger partial charge in [-0.05, 0) is 60.7 Å². The van der Waals surface area contributed by atoms with Gasteiger partial charge in [-0.15, -0.1) is 0 Å². The Morgan fingerprint density at radius 1 is 1.00 bits per heavy atom. The molecule has 0 saturated heterocycles. The average Bonchev–Trinajstić information content (AvgIpc) is 3.12. The van der Waals surface area contributed by atoms with Crippen LogP contribution in [0.25, 0.3) is 22.2 Å². The summed E-state index contributed by atoms with van der Waals surface area (Å²) in [6, 6.07) is 18.4. The number of hydrogen-bond donors (Lipinski definition) is 1. The first-order valence-electron chi connectivity index (χ1n) is 7.71. The maximum absolute atomic E-state index is 13.0. The Bertz CT molecular complexity index is 1050. The maximum Gasteiger partial charge on any atom is 0.291 e. The molecule has 0 unspecified atom stereocenters. The zero-order valence-electron chi connectivity index (χ0n) is 13.1. The lowest BCUT2D eigenvalue weighted by atomic mass is 10.2. The number of amides is 1. The highest BCUT2D eigenvalue weighted by Gasteiger charge is 2.13. The number of nitrogens with zero attached hydrogens (tertiary/aromatic N) is 1. The van der Waals surface area contributed by atoms with Gasteiger partial charge in [0.25, 0.3) is 5.91 Å². The summed E-state index contributed by atoms with van der Waals surface area (Å²) in [5, 5.41) is 3.74. The van der Waals surface area contributed by atoms with Crippen molar-refractivity contribution in [2.45, 2.75) is 0 Å². The number of furan rings is 1. The highest BCUT2D eigenvalue weighted by Crippen LogP contribution is 2.23. The Balaban J connectivity index is 1.55. The number of fused-ring (bicyclic) bond motifs is 1. The van der Waals surface area contributed by atoms with Gasteiger partial charge in [0.15, 0.2) is 5.76 Å². The van der Waals surface area contributed by atoms with Crippen molar-refractivity contribution in [2.75, 3.05) is 5.32 Å². The minimum absolute atomic E-state index is 0.186. The van der Waals surface area contributed by atoms with E-state index < -0.39 is 0 Å². The molecule has 0 atom stereocenters. The van der Waals surface area contributed by atoms with Gasteiger partial charge in [-0.25, -0.2) is 4.39 Å². The maximum atomic E-state index is 13.0. The quantitative estimate of drug-likeness (QED) is 0.581. The average molecular weight is 332 g/mol. The van der Waals surface area contributed by atoms with Crippen molar-refractivity contribution < 1.29 is 13.6 Å². The van der Waals surface area contributed by atoms with Gasteiger partial charge in [-0.3, -0.25) is 9.78 Å². The second-order valence-electron chi connectivity index (χ2n) is 5.54. The number of pyridine rings is 1. The standard InChI is InChI=1S/C20H13FN2O2/c21-15-5-3-13(4-6-15)18-9-10-19(25-18)20(24)23-16-7-8-17-14(12-16)2-1-11-22-17/h1-12H,(H,23,24). The summed E-state index contributed by atoms with van der Waals surface area (Å²) in [5.41, 5.74) is 2.22. The van der Waals surface area contributed by atoms with E-state index in [1.807, 2.05) is 24.3 Å². The molecule has 4 rings (SSSR count). The molecule has 122 valence electrons. The third-order valence-corrected chi connectivity index (χ3v) is 3.82. The van der Waals surface area contributed by atoms with E-state index in [2.05, 4.69) is 10.3 Å². The Hall–Kier alpha value is -3.47. The summed E-state index contributed by atoms with van der Waals surface area (Å²) in [6.07, 6.45) is 1.72. The molecule has 4 nitrogen and oxygen atoms in total. The molecule has 5 heteroatoms. The number of rotatable bonds is 3. The first-order chi connectivity index (χ1) is 12.2. The van der Waals surface area contributed by atoms with Gasteiger partial charge in [0.1, 0.15) is 11.6 Å². The second kappa shape index (κ2) is 6.20. The zero-order valence-corrected chi connectivity index (χ0v) is 13.1. The lowest BCUT2D eigenvalue weighted by Crippen LogP contribution is -2.10. The third kappa shape index (κ3) is 3.12. The van der Waals surface area contributed by atoms with Crippen molar-refractivity contribution in [3.8, 4) is 11.3 Å². The van der Waals surface area contributed by atoms with Crippen LogP contribution in [0.2, 0.25) is 0 Å². The van der Waals surface area contributed by atoms with E-state index >= 15 is 0 Å². The van der Waals surface area contributed by atoms with Gasteiger partial charge >= 0.3 is 0 Å². The van der Waals surface area contributed by atoms with Crippen LogP contribution < -0.4 is 5.32 Å². The molecule has 0 saturated carbocycles. The van der Waals surface area contributed by atoms with Gasteiger partial charge in [0.05, 0.1) is 5.52 Å². The topological polar surface area (TPSA) is 55.1 Å². The van der Waals surface area contributed by atoms with E-state index in [0.717, 1.165) is 10.9 Å². The third-order valence-electron chi connectivity index (χ3n) is 3.82. The molecule has 1 N–H and O–H groups in total. The molecule has 0 radical (unpaired) electrons. The van der Waals surface area contributed by atoms with Crippen molar-refractivity contribution in [1.82, 2.24) is 4.98 Å². The zero-order chi connectivity index (χ0) is 17.2. The molecule has 0 aliphatic rings. The van der Waals surface area contributed by atoms with E-state index in [4.69, 9.17) is 4.42 Å². The number of halogens is 1. The Morgan fingerprint density at radius 2 is 1.84 bits per heavy atom. The molecular formula is C20H13FN2O2. The molecule has 25 heavy (non-hydrogen) atoms. The molecule has 2 aromatic heterocycles. The summed E-state index contributed by atoms with van der Waals surface area (Å²) < 4.78 is 18.6. The predicted octanol–water partition coefficient (Wildman–Crippen LogP) is 4.89. The largest absolute Gasteiger partial charge is 0.451 e. The van der Waals surface area contributed by atoms with E-state index in [0.29, 0.717) is 17.0 Å². The molecular weight excluding hydrogens is 319 g/mol. The highest BCUT2D eigenvalue weighted by atomic mass is 19.1. The van der Waals surface area contributed by atoms with Crippen LogP contribution in [0.1, 0.15) is 10.6 Å². The SMILES string of the molecule is O=C(Nc1ccc2ncccc2c1)c1ccc(-c2ccc(F)cc2)o1. The van der Waals surface area contributed by atoms with Crippen LogP contribution >= 0.6 is 0 Å². The minimum atomic E-state index is -0.350. The van der Waals surface area contributed by atoms with E-state index in [-0.39, 0.29) is 17.5 Å². The van der Waals surface area contributed by atoms with Crippen LogP contribution in [0.5, 0.6) is 0 Å². The molecule has 4 aromatic rings. The van der Waals surface area contributed by atoms with Crippen LogP contribution in [-0.2, 0) is 0 Å². The molecule has 0 aliphatic carbocycles. The first kappa shape index (κ1) is 15.1. The molecule has 0 bridgehead atoms. The molecule has 0 fully saturated rings. The van der Waals surface area contributed by atoms with Gasteiger partial charge in [-0.2, -0.15) is 0 Å². The second-order valence-corrected chi connectivity index (χ2v) is 5.54. The fourth-order valence-electron chi connectivity index (χ4n) is 2.58. The predicted molar refractivity (Wildman–Crippen MR) is 93.8 cm³/mol. The molecule has 2 heterocycles. The molecule has 2 aromatic carbocycles. The number of hydrogen-bond acceptors (Lipinski definition) is 3. The molecule has 1 amide bonds. The van der Waals surface area contributed by atoms with E-state index in [9.17, 15) is 9.18 Å². The number of carbonyl (C=O) groups is 1. The Labute approximate surface area is 142 Å². The van der Waals surface area contributed by atoms with Gasteiger partial charge in [0.2, 0.25) is 0 Å². The summed E-state index contributed by atoms with van der Waals surface area (Å²) in [7, 11) is 0. The van der Waals surface area contributed by atoms with Crippen LogP contribution in [-0.4, -0.2) is 10.9 Å². The van der Waals surface area contributed by atoms with Crippen molar-refractivity contribution in [1.29, 1.82) is 0 Å². The number of carbonyl (C=O) groups excluding carboxylic acids is 1. The van der Waals surface area contributed by atoms with Gasteiger partial charge in [-0.1, -0.05) is 6.07 Å². The fourth-order valence-corrected chi connectivity index (χ4v) is 2.58. The summed E-state index contributed by atoms with van der Waals surface area (Å²) >= 11 is 0. The van der Waals surface area contributed by atoms with Crippen molar-refractivity contribution in [3.63, 3.8) is 0 Å². The van der Waals surface area contributed by atoms with Crippen LogP contribution in [0.15, 0.2) is 77.3 Å². The lowest BCUT2D eigenvalue weighted by molar-refractivity contribution is 0.0997. The summed E-state index contributed by atoms with van der Waals surface area (Å²) in [6.45, 7) is 0. The van der Waals surface area contributed by atoms with Crippen LogP contribution in [0.4, 0.5) is 10.1 Å².